The van der Waals surface area contributed by atoms with Crippen LogP contribution in [-0.2, 0) is 4.79 Å². The molecule has 0 bridgehead atoms. The standard InChI is InChI=1S/C26H25NO2/c1-18-15-16-27-21(17-18)24(29-25(28)26(2,3)4)22(19-11-7-5-8-12-19)23(27)20-13-9-6-10-14-20/h5-17H,1-4H3. The molecule has 0 spiro atoms. The van der Waals surface area contributed by atoms with Crippen LogP contribution in [0.2, 0.25) is 0 Å². The van der Waals surface area contributed by atoms with E-state index in [4.69, 9.17) is 4.74 Å². The number of hydrogen-bond donors (Lipinski definition) is 0. The summed E-state index contributed by atoms with van der Waals surface area (Å²) in [5.74, 6) is 0.363. The summed E-state index contributed by atoms with van der Waals surface area (Å²) in [6.07, 6.45) is 2.05. The second-order valence-corrected chi connectivity index (χ2v) is 8.38. The normalized spacial score (nSPS) is 11.6. The quantitative estimate of drug-likeness (QED) is 0.376. The van der Waals surface area contributed by atoms with Crippen LogP contribution in [0.25, 0.3) is 27.9 Å². The largest absolute Gasteiger partial charge is 0.423 e. The number of benzene rings is 2. The lowest BCUT2D eigenvalue weighted by atomic mass is 9.97. The van der Waals surface area contributed by atoms with Crippen molar-refractivity contribution in [2.24, 2.45) is 5.41 Å². The zero-order chi connectivity index (χ0) is 20.6. The number of aryl methyl sites for hydroxylation is 1. The van der Waals surface area contributed by atoms with E-state index in [0.29, 0.717) is 5.75 Å². The van der Waals surface area contributed by atoms with Gasteiger partial charge in [0.05, 0.1) is 22.2 Å². The summed E-state index contributed by atoms with van der Waals surface area (Å²) in [5.41, 5.74) is 5.44. The molecule has 0 fully saturated rings. The van der Waals surface area contributed by atoms with Gasteiger partial charge in [0.25, 0.3) is 0 Å². The highest BCUT2D eigenvalue weighted by molar-refractivity contribution is 5.96. The molecule has 0 radical (unpaired) electrons. The fourth-order valence-corrected chi connectivity index (χ4v) is 3.43. The lowest BCUT2D eigenvalue weighted by molar-refractivity contribution is -0.142. The average molecular weight is 383 g/mol. The van der Waals surface area contributed by atoms with Gasteiger partial charge < -0.3 is 9.14 Å². The van der Waals surface area contributed by atoms with Gasteiger partial charge >= 0.3 is 5.97 Å². The van der Waals surface area contributed by atoms with Crippen LogP contribution in [0.1, 0.15) is 26.3 Å². The van der Waals surface area contributed by atoms with Gasteiger partial charge in [-0.15, -0.1) is 0 Å². The van der Waals surface area contributed by atoms with E-state index in [1.165, 1.54) is 0 Å². The van der Waals surface area contributed by atoms with Crippen molar-refractivity contribution in [3.63, 3.8) is 0 Å². The van der Waals surface area contributed by atoms with Crippen molar-refractivity contribution in [3.05, 3.63) is 84.6 Å². The van der Waals surface area contributed by atoms with Crippen molar-refractivity contribution in [3.8, 4) is 28.1 Å². The van der Waals surface area contributed by atoms with Crippen LogP contribution in [0, 0.1) is 12.3 Å². The lowest BCUT2D eigenvalue weighted by Crippen LogP contribution is -2.25. The van der Waals surface area contributed by atoms with E-state index in [9.17, 15) is 4.79 Å². The molecule has 4 aromatic rings. The highest BCUT2D eigenvalue weighted by atomic mass is 16.5. The molecule has 0 amide bonds. The first-order valence-corrected chi connectivity index (χ1v) is 9.84. The molecule has 3 heteroatoms. The predicted molar refractivity (Wildman–Crippen MR) is 118 cm³/mol. The first kappa shape index (κ1) is 19.0. The van der Waals surface area contributed by atoms with Crippen molar-refractivity contribution < 1.29 is 9.53 Å². The van der Waals surface area contributed by atoms with Gasteiger partial charge in [0.15, 0.2) is 5.75 Å². The van der Waals surface area contributed by atoms with Gasteiger partial charge in [0, 0.05) is 6.20 Å². The summed E-state index contributed by atoms with van der Waals surface area (Å²) in [6, 6.07) is 24.5. The molecule has 0 atom stereocenters. The molecular formula is C26H25NO2. The van der Waals surface area contributed by atoms with Gasteiger partial charge in [0.2, 0.25) is 0 Å². The van der Waals surface area contributed by atoms with Crippen molar-refractivity contribution in [1.29, 1.82) is 0 Å². The second-order valence-electron chi connectivity index (χ2n) is 8.38. The molecule has 0 unspecified atom stereocenters. The van der Waals surface area contributed by atoms with Crippen LogP contribution >= 0.6 is 0 Å². The molecule has 146 valence electrons. The Balaban J connectivity index is 2.09. The molecule has 2 aromatic carbocycles. The van der Waals surface area contributed by atoms with Crippen LogP contribution in [0.3, 0.4) is 0 Å². The maximum Gasteiger partial charge on any atom is 0.316 e. The van der Waals surface area contributed by atoms with Gasteiger partial charge in [0.1, 0.15) is 0 Å². The number of carbonyl (C=O) groups excluding carboxylic acids is 1. The molecule has 2 heterocycles. The fraction of sp³-hybridized carbons (Fsp3) is 0.192. The number of ether oxygens (including phenoxy) is 1. The number of fused-ring (bicyclic) bond motifs is 1. The monoisotopic (exact) mass is 383 g/mol. The minimum absolute atomic E-state index is 0.247. The second kappa shape index (κ2) is 7.25. The molecule has 0 aliphatic rings. The lowest BCUT2D eigenvalue weighted by Gasteiger charge is -2.17. The number of carbonyl (C=O) groups is 1. The first-order chi connectivity index (χ1) is 13.9. The highest BCUT2D eigenvalue weighted by Crippen LogP contribution is 2.45. The topological polar surface area (TPSA) is 30.7 Å². The van der Waals surface area contributed by atoms with Crippen LogP contribution in [0.15, 0.2) is 79.0 Å². The van der Waals surface area contributed by atoms with Gasteiger partial charge in [-0.05, 0) is 56.5 Å². The van der Waals surface area contributed by atoms with Gasteiger partial charge in [-0.1, -0.05) is 60.7 Å². The summed E-state index contributed by atoms with van der Waals surface area (Å²) in [7, 11) is 0. The van der Waals surface area contributed by atoms with Crippen molar-refractivity contribution >= 4 is 11.5 Å². The minimum Gasteiger partial charge on any atom is -0.423 e. The van der Waals surface area contributed by atoms with Crippen LogP contribution in [0.5, 0.6) is 5.75 Å². The summed E-state index contributed by atoms with van der Waals surface area (Å²) < 4.78 is 8.20. The number of pyridine rings is 1. The molecule has 29 heavy (non-hydrogen) atoms. The molecule has 0 aliphatic carbocycles. The molecule has 0 N–H and O–H groups in total. The Labute approximate surface area is 171 Å². The van der Waals surface area contributed by atoms with Crippen molar-refractivity contribution in [2.75, 3.05) is 0 Å². The predicted octanol–water partition coefficient (Wildman–Crippen LogP) is 6.53. The minimum atomic E-state index is -0.598. The molecule has 0 aliphatic heterocycles. The maximum absolute atomic E-state index is 12.9. The Kier molecular flexibility index (Phi) is 4.75. The summed E-state index contributed by atoms with van der Waals surface area (Å²) in [6.45, 7) is 7.67. The van der Waals surface area contributed by atoms with Crippen molar-refractivity contribution in [2.45, 2.75) is 27.7 Å². The number of esters is 1. The number of nitrogens with zero attached hydrogens (tertiary/aromatic N) is 1. The van der Waals surface area contributed by atoms with E-state index in [-0.39, 0.29) is 5.97 Å². The molecule has 4 rings (SSSR count). The summed E-state index contributed by atoms with van der Waals surface area (Å²) >= 11 is 0. The van der Waals surface area contributed by atoms with Crippen LogP contribution in [0.4, 0.5) is 0 Å². The third-order valence-corrected chi connectivity index (χ3v) is 4.96. The average Bonchev–Trinajstić information content (AvgIpc) is 3.02. The molecule has 0 saturated heterocycles. The Hall–Kier alpha value is -3.33. The van der Waals surface area contributed by atoms with Gasteiger partial charge in [-0.25, -0.2) is 0 Å². The SMILES string of the molecule is Cc1ccn2c(-c3ccccc3)c(-c3ccccc3)c(OC(=O)C(C)(C)C)c2c1. The van der Waals surface area contributed by atoms with E-state index in [0.717, 1.165) is 33.5 Å². The summed E-state index contributed by atoms with van der Waals surface area (Å²) in [5, 5.41) is 0. The molecule has 3 nitrogen and oxygen atoms in total. The maximum atomic E-state index is 12.9. The summed E-state index contributed by atoms with van der Waals surface area (Å²) in [4.78, 5) is 12.9. The number of aromatic nitrogens is 1. The highest BCUT2D eigenvalue weighted by Gasteiger charge is 2.29. The number of rotatable bonds is 3. The zero-order valence-corrected chi connectivity index (χ0v) is 17.3. The number of hydrogen-bond acceptors (Lipinski definition) is 2. The van der Waals surface area contributed by atoms with Crippen LogP contribution in [-0.4, -0.2) is 10.4 Å². The fourth-order valence-electron chi connectivity index (χ4n) is 3.43. The molecule has 0 saturated carbocycles. The Morgan fingerprint density at radius 1 is 0.862 bits per heavy atom. The third-order valence-electron chi connectivity index (χ3n) is 4.96. The molecule has 2 aromatic heterocycles. The third kappa shape index (κ3) is 3.56. The first-order valence-electron chi connectivity index (χ1n) is 9.84. The van der Waals surface area contributed by atoms with Gasteiger partial charge in [-0.2, -0.15) is 0 Å². The Bertz CT molecular complexity index is 1170. The molecular weight excluding hydrogens is 358 g/mol. The van der Waals surface area contributed by atoms with Crippen molar-refractivity contribution in [1.82, 2.24) is 4.40 Å². The van der Waals surface area contributed by atoms with E-state index in [2.05, 4.69) is 40.8 Å². The van der Waals surface area contributed by atoms with E-state index >= 15 is 0 Å². The van der Waals surface area contributed by atoms with Crippen LogP contribution < -0.4 is 4.74 Å². The van der Waals surface area contributed by atoms with E-state index in [1.807, 2.05) is 70.3 Å². The van der Waals surface area contributed by atoms with E-state index in [1.54, 1.807) is 0 Å². The smallest absolute Gasteiger partial charge is 0.316 e. The van der Waals surface area contributed by atoms with Gasteiger partial charge in [-0.3, -0.25) is 4.79 Å². The Morgan fingerprint density at radius 3 is 2.03 bits per heavy atom. The van der Waals surface area contributed by atoms with E-state index < -0.39 is 5.41 Å². The zero-order valence-electron chi connectivity index (χ0n) is 17.3. The Morgan fingerprint density at radius 2 is 1.45 bits per heavy atom.